The van der Waals surface area contributed by atoms with Gasteiger partial charge in [-0.05, 0) is 92.3 Å². The molecule has 2 aromatic heterocycles. The molecule has 0 aliphatic rings. The zero-order chi connectivity index (χ0) is 38.5. The highest BCUT2D eigenvalue weighted by molar-refractivity contribution is 6.25. The monoisotopic (exact) mass is 665 g/mol. The van der Waals surface area contributed by atoms with Crippen molar-refractivity contribution in [2.24, 2.45) is 0 Å². The van der Waals surface area contributed by atoms with Gasteiger partial charge in [0.25, 0.3) is 0 Å². The van der Waals surface area contributed by atoms with Gasteiger partial charge in [-0.25, -0.2) is 0 Å². The largest absolute Gasteiger partial charge is 0.309 e. The van der Waals surface area contributed by atoms with E-state index < -0.39 is 6.04 Å². The number of para-hydroxylation sites is 2. The highest BCUT2D eigenvalue weighted by Gasteiger charge is 2.20. The van der Waals surface area contributed by atoms with Gasteiger partial charge >= 0.3 is 0 Å². The number of nitrogens with zero attached hydrogens (tertiary/aromatic N) is 2. The Morgan fingerprint density at radius 2 is 0.942 bits per heavy atom. The fourth-order valence-electron chi connectivity index (χ4n) is 8.33. The van der Waals surface area contributed by atoms with Crippen molar-refractivity contribution in [3.8, 4) is 33.6 Å². The van der Waals surface area contributed by atoms with Crippen LogP contribution in [-0.4, -0.2) is 9.13 Å². The summed E-state index contributed by atoms with van der Waals surface area (Å²) in [6, 6.07) is 56.0. The molecular weight excluding hydrogens is 629 g/mol. The number of aromatic nitrogens is 2. The molecule has 0 unspecified atom stereocenters. The highest BCUT2D eigenvalue weighted by Crippen LogP contribution is 2.42. The Morgan fingerprint density at radius 1 is 0.346 bits per heavy atom. The van der Waals surface area contributed by atoms with Crippen LogP contribution in [0.5, 0.6) is 0 Å². The van der Waals surface area contributed by atoms with Crippen LogP contribution >= 0.6 is 0 Å². The van der Waals surface area contributed by atoms with E-state index in [2.05, 4.69) is 137 Å². The normalized spacial score (nSPS) is 13.2. The first-order chi connectivity index (χ1) is 27.9. The third-order valence-electron chi connectivity index (χ3n) is 10.6. The van der Waals surface area contributed by atoms with Crippen LogP contribution in [0.25, 0.3) is 98.8 Å². The van der Waals surface area contributed by atoms with Crippen molar-refractivity contribution < 1.29 is 6.85 Å². The van der Waals surface area contributed by atoms with Gasteiger partial charge in [0.2, 0.25) is 0 Å². The first kappa shape index (κ1) is 24.3. The lowest BCUT2D eigenvalue weighted by atomic mass is 9.92. The summed E-state index contributed by atoms with van der Waals surface area (Å²) in [6.07, 6.45) is 0. The Hall–Kier alpha value is -6.90. The molecule has 0 bridgehead atoms. The molecule has 9 aromatic carbocycles. The maximum Gasteiger partial charge on any atom is 0.0629 e. The third kappa shape index (κ3) is 4.25. The minimum absolute atomic E-state index is 0.204. The summed E-state index contributed by atoms with van der Waals surface area (Å²) in [5.41, 5.74) is 9.55. The van der Waals surface area contributed by atoms with Gasteiger partial charge < -0.3 is 9.13 Å². The van der Waals surface area contributed by atoms with E-state index in [9.17, 15) is 0 Å². The second kappa shape index (κ2) is 11.3. The maximum atomic E-state index is 8.66. The molecule has 0 saturated heterocycles. The van der Waals surface area contributed by atoms with Gasteiger partial charge in [-0.2, -0.15) is 0 Å². The van der Waals surface area contributed by atoms with E-state index in [0.29, 0.717) is 5.56 Å². The number of hydrogen-bond donors (Lipinski definition) is 0. The first-order valence-electron chi connectivity index (χ1n) is 20.0. The zero-order valence-electron chi connectivity index (χ0n) is 33.0. The summed E-state index contributed by atoms with van der Waals surface area (Å²) in [7, 11) is 0. The maximum absolute atomic E-state index is 8.66. The molecule has 242 valence electrons. The fraction of sp³-hybridized carbons (Fsp3) is 0. The average molecular weight is 666 g/mol. The molecule has 2 nitrogen and oxygen atoms in total. The topological polar surface area (TPSA) is 9.86 Å². The Balaban J connectivity index is 1.12. The fourth-order valence-corrected chi connectivity index (χ4v) is 8.33. The van der Waals surface area contributed by atoms with Crippen molar-refractivity contribution in [3.63, 3.8) is 0 Å². The zero-order valence-corrected chi connectivity index (χ0v) is 28.0. The third-order valence-corrected chi connectivity index (χ3v) is 10.6. The minimum Gasteiger partial charge on any atom is -0.309 e. The molecule has 0 saturated carbocycles. The van der Waals surface area contributed by atoms with Gasteiger partial charge in [-0.1, -0.05) is 145 Å². The van der Waals surface area contributed by atoms with Crippen LogP contribution in [0.1, 0.15) is 6.85 Å². The predicted octanol–water partition coefficient (Wildman–Crippen LogP) is 13.5. The van der Waals surface area contributed by atoms with Crippen LogP contribution in [-0.2, 0) is 0 Å². The molecule has 0 spiro atoms. The van der Waals surface area contributed by atoms with Crippen LogP contribution in [0.4, 0.5) is 0 Å². The summed E-state index contributed by atoms with van der Waals surface area (Å²) in [5, 5.41) is 9.07. The van der Waals surface area contributed by atoms with Crippen molar-refractivity contribution in [2.45, 2.75) is 0 Å². The van der Waals surface area contributed by atoms with Crippen LogP contribution in [0, 0.1) is 0 Å². The summed E-state index contributed by atoms with van der Waals surface area (Å²) in [5.74, 6) is 0. The molecule has 0 aliphatic carbocycles. The molecule has 0 aliphatic heterocycles. The van der Waals surface area contributed by atoms with Gasteiger partial charge in [0.1, 0.15) is 0 Å². The van der Waals surface area contributed by atoms with E-state index in [4.69, 9.17) is 6.85 Å². The van der Waals surface area contributed by atoms with E-state index in [-0.39, 0.29) is 29.7 Å². The number of rotatable bonds is 4. The lowest BCUT2D eigenvalue weighted by Crippen LogP contribution is -1.96. The van der Waals surface area contributed by atoms with E-state index in [1.54, 1.807) is 0 Å². The van der Waals surface area contributed by atoms with Crippen LogP contribution in [0.3, 0.4) is 0 Å². The van der Waals surface area contributed by atoms with Crippen molar-refractivity contribution >= 4 is 65.2 Å². The quantitative estimate of drug-likeness (QED) is 0.177. The van der Waals surface area contributed by atoms with E-state index in [0.717, 1.165) is 49.8 Å². The summed E-state index contributed by atoms with van der Waals surface area (Å²) < 4.78 is 46.7. The van der Waals surface area contributed by atoms with Gasteiger partial charge in [0.05, 0.1) is 28.9 Å². The number of benzene rings is 9. The molecule has 0 fully saturated rings. The standard InChI is InChI=1S/C50H32N2/c1-3-13-33(14-4-1)38-28-29-39(42-20-10-9-19-41(38)42)35-23-26-37(27-24-35)51-46-22-12-11-21-43(46)44-31-45-49(32-48(44)51)52(36-16-5-2-6-17-36)47-30-25-34-15-7-8-18-40(34)50(45)47/h1-32H/i1D,3D,4D,13D,14D. The van der Waals surface area contributed by atoms with E-state index in [1.165, 1.54) is 37.8 Å². The van der Waals surface area contributed by atoms with Gasteiger partial charge in [0.15, 0.2) is 0 Å². The SMILES string of the molecule is [2H]c1c([2H])c([2H])c(-c2ccc(-c3ccc(-n4c5ccccc5c5cc6c7c8ccccc8ccc7n(-c7ccccc7)c6cc54)cc3)c3ccccc23)c([2H])c1[2H]. The predicted molar refractivity (Wildman–Crippen MR) is 221 cm³/mol. The van der Waals surface area contributed by atoms with Gasteiger partial charge in [-0.15, -0.1) is 0 Å². The second-order valence-corrected chi connectivity index (χ2v) is 13.3. The Morgan fingerprint density at radius 3 is 1.71 bits per heavy atom. The van der Waals surface area contributed by atoms with Crippen molar-refractivity contribution in [1.82, 2.24) is 9.13 Å². The minimum atomic E-state index is -0.394. The van der Waals surface area contributed by atoms with Gasteiger partial charge in [0, 0.05) is 32.9 Å². The number of fused-ring (bicyclic) bond motifs is 9. The lowest BCUT2D eigenvalue weighted by molar-refractivity contribution is 1.16. The average Bonchev–Trinajstić information content (AvgIpc) is 3.76. The lowest BCUT2D eigenvalue weighted by Gasteiger charge is -2.14. The summed E-state index contributed by atoms with van der Waals surface area (Å²) in [6.45, 7) is 0. The molecular formula is C50H32N2. The molecule has 2 heteroatoms. The van der Waals surface area contributed by atoms with Crippen molar-refractivity contribution in [3.05, 3.63) is 194 Å². The molecule has 11 rings (SSSR count). The molecule has 0 N–H and O–H groups in total. The van der Waals surface area contributed by atoms with Crippen molar-refractivity contribution in [2.75, 3.05) is 0 Å². The Bertz CT molecular complexity index is 3430. The molecule has 0 atom stereocenters. The first-order valence-corrected chi connectivity index (χ1v) is 17.5. The molecule has 0 amide bonds. The van der Waals surface area contributed by atoms with E-state index >= 15 is 0 Å². The summed E-state index contributed by atoms with van der Waals surface area (Å²) in [4.78, 5) is 0. The van der Waals surface area contributed by atoms with Gasteiger partial charge in [-0.3, -0.25) is 0 Å². The smallest absolute Gasteiger partial charge is 0.0629 e. The molecule has 11 aromatic rings. The second-order valence-electron chi connectivity index (χ2n) is 13.3. The van der Waals surface area contributed by atoms with E-state index in [1.807, 2.05) is 36.4 Å². The van der Waals surface area contributed by atoms with Crippen LogP contribution in [0.2, 0.25) is 0 Å². The Kier molecular flexibility index (Phi) is 5.28. The number of hydrogen-bond acceptors (Lipinski definition) is 0. The van der Waals surface area contributed by atoms with Crippen molar-refractivity contribution in [1.29, 1.82) is 0 Å². The highest BCUT2D eigenvalue weighted by atomic mass is 15.0. The Labute approximate surface area is 308 Å². The van der Waals surface area contributed by atoms with Crippen LogP contribution < -0.4 is 0 Å². The van der Waals surface area contributed by atoms with Crippen LogP contribution in [0.15, 0.2) is 194 Å². The summed E-state index contributed by atoms with van der Waals surface area (Å²) >= 11 is 0. The molecule has 2 heterocycles. The molecule has 52 heavy (non-hydrogen) atoms. The molecule has 0 radical (unpaired) electrons.